The second-order valence-electron chi connectivity index (χ2n) is 5.79. The van der Waals surface area contributed by atoms with E-state index in [0.717, 1.165) is 23.1 Å². The van der Waals surface area contributed by atoms with Crippen LogP contribution in [0.5, 0.6) is 0 Å². The molecule has 8 heteroatoms. The number of furan rings is 1. The minimum Gasteiger partial charge on any atom is -0.481 e. The molecule has 1 saturated heterocycles. The molecule has 3 rings (SSSR count). The highest BCUT2D eigenvalue weighted by molar-refractivity contribution is 8.16. The number of rotatable bonds is 5. The maximum absolute atomic E-state index is 12.7. The first-order chi connectivity index (χ1) is 12.4. The largest absolute Gasteiger partial charge is 0.481 e. The van der Waals surface area contributed by atoms with Gasteiger partial charge in [-0.05, 0) is 38.1 Å². The normalized spacial score (nSPS) is 19.0. The Morgan fingerprint density at radius 3 is 2.62 bits per heavy atom. The molecule has 0 spiro atoms. The van der Waals surface area contributed by atoms with Crippen molar-refractivity contribution in [2.45, 2.75) is 25.5 Å². The van der Waals surface area contributed by atoms with Crippen molar-refractivity contribution >= 4 is 40.7 Å². The number of carbonyl (C=O) groups excluding carboxylic acids is 1. The summed E-state index contributed by atoms with van der Waals surface area (Å²) in [6.07, 6.45) is 1.18. The molecule has 1 aromatic carbocycles. The van der Waals surface area contributed by atoms with Crippen LogP contribution in [0.1, 0.15) is 23.5 Å². The van der Waals surface area contributed by atoms with E-state index >= 15 is 0 Å². The Morgan fingerprint density at radius 2 is 2.00 bits per heavy atom. The Bertz CT molecular complexity index is 886. The van der Waals surface area contributed by atoms with Gasteiger partial charge in [0.1, 0.15) is 16.8 Å². The van der Waals surface area contributed by atoms with E-state index in [9.17, 15) is 9.59 Å². The summed E-state index contributed by atoms with van der Waals surface area (Å²) in [7, 11) is 0. The summed E-state index contributed by atoms with van der Waals surface area (Å²) >= 11 is 1.10. The van der Waals surface area contributed by atoms with Crippen LogP contribution in [0.4, 0.5) is 5.69 Å². The van der Waals surface area contributed by atoms with Crippen LogP contribution in [0, 0.1) is 13.8 Å². The number of carboxylic acids is 1. The van der Waals surface area contributed by atoms with Crippen molar-refractivity contribution in [3.05, 3.63) is 53.5 Å². The molecule has 7 nitrogen and oxygen atoms in total. The van der Waals surface area contributed by atoms with E-state index < -0.39 is 11.2 Å². The van der Waals surface area contributed by atoms with Gasteiger partial charge in [-0.2, -0.15) is 5.10 Å². The molecular weight excluding hydrogens is 354 g/mol. The number of hydrogen-bond acceptors (Lipinski definition) is 6. The van der Waals surface area contributed by atoms with Crippen LogP contribution in [-0.4, -0.2) is 33.6 Å². The van der Waals surface area contributed by atoms with Gasteiger partial charge in [-0.25, -0.2) is 0 Å². The average Bonchev–Trinajstić information content (AvgIpc) is 3.12. The summed E-state index contributed by atoms with van der Waals surface area (Å²) in [6, 6.07) is 10.9. The van der Waals surface area contributed by atoms with Crippen LogP contribution in [0.2, 0.25) is 0 Å². The fourth-order valence-electron chi connectivity index (χ4n) is 2.41. The van der Waals surface area contributed by atoms with Crippen molar-refractivity contribution in [2.75, 3.05) is 4.90 Å². The molecule has 1 aliphatic rings. The Morgan fingerprint density at radius 1 is 1.27 bits per heavy atom. The summed E-state index contributed by atoms with van der Waals surface area (Å²) in [5, 5.41) is 16.7. The zero-order chi connectivity index (χ0) is 18.7. The second-order valence-corrected chi connectivity index (χ2v) is 6.96. The Kier molecular flexibility index (Phi) is 5.22. The molecule has 26 heavy (non-hydrogen) atoms. The predicted molar refractivity (Wildman–Crippen MR) is 101 cm³/mol. The van der Waals surface area contributed by atoms with E-state index in [0.29, 0.717) is 16.6 Å². The molecule has 1 amide bonds. The molecule has 0 bridgehead atoms. The van der Waals surface area contributed by atoms with Crippen LogP contribution in [0.3, 0.4) is 0 Å². The number of carbonyl (C=O) groups is 2. The molecule has 1 aliphatic heterocycles. The molecule has 0 aliphatic carbocycles. The molecule has 1 aromatic heterocycles. The van der Waals surface area contributed by atoms with Gasteiger partial charge in [-0.15, -0.1) is 5.10 Å². The summed E-state index contributed by atoms with van der Waals surface area (Å²) < 4.78 is 5.38. The van der Waals surface area contributed by atoms with Crippen molar-refractivity contribution in [3.63, 3.8) is 0 Å². The van der Waals surface area contributed by atoms with E-state index in [4.69, 9.17) is 9.52 Å². The van der Waals surface area contributed by atoms with Gasteiger partial charge in [-0.1, -0.05) is 29.5 Å². The zero-order valence-corrected chi connectivity index (χ0v) is 15.1. The SMILES string of the molecule is Cc1ccc(N2C(=O)[C@@H](CC(=O)O)S/C2=N/N=C\c2ccc(C)o2)cc1. The molecule has 0 saturated carbocycles. The summed E-state index contributed by atoms with van der Waals surface area (Å²) in [4.78, 5) is 25.1. The number of carboxylic acid groups (broad SMARTS) is 1. The lowest BCUT2D eigenvalue weighted by Crippen LogP contribution is -2.32. The first-order valence-corrected chi connectivity index (χ1v) is 8.78. The minimum atomic E-state index is -1.03. The molecule has 1 N–H and O–H groups in total. The first-order valence-electron chi connectivity index (χ1n) is 7.90. The van der Waals surface area contributed by atoms with Gasteiger partial charge >= 0.3 is 5.97 Å². The first kappa shape index (κ1) is 17.9. The summed E-state index contributed by atoms with van der Waals surface area (Å²) in [5.41, 5.74) is 1.68. The number of benzene rings is 1. The maximum Gasteiger partial charge on any atom is 0.305 e. The molecule has 1 atom stereocenters. The topological polar surface area (TPSA) is 95.5 Å². The lowest BCUT2D eigenvalue weighted by atomic mass is 10.2. The third-order valence-electron chi connectivity index (χ3n) is 3.68. The van der Waals surface area contributed by atoms with Crippen molar-refractivity contribution in [3.8, 4) is 0 Å². The van der Waals surface area contributed by atoms with Gasteiger partial charge < -0.3 is 9.52 Å². The van der Waals surface area contributed by atoms with Crippen LogP contribution < -0.4 is 4.90 Å². The number of thioether (sulfide) groups is 1. The van der Waals surface area contributed by atoms with Gasteiger partial charge in [-0.3, -0.25) is 14.5 Å². The van der Waals surface area contributed by atoms with E-state index in [1.807, 2.05) is 32.0 Å². The smallest absolute Gasteiger partial charge is 0.305 e. The maximum atomic E-state index is 12.7. The molecule has 1 fully saturated rings. The van der Waals surface area contributed by atoms with E-state index in [2.05, 4.69) is 10.2 Å². The Labute approximate surface area is 154 Å². The molecule has 0 radical (unpaired) electrons. The fraction of sp³-hybridized carbons (Fsp3) is 0.222. The number of amidine groups is 1. The lowest BCUT2D eigenvalue weighted by Gasteiger charge is -2.15. The van der Waals surface area contributed by atoms with Gasteiger partial charge in [0.05, 0.1) is 18.3 Å². The van der Waals surface area contributed by atoms with Gasteiger partial charge in [0, 0.05) is 0 Å². The number of hydrogen-bond donors (Lipinski definition) is 1. The highest BCUT2D eigenvalue weighted by Gasteiger charge is 2.40. The Balaban J connectivity index is 1.89. The van der Waals surface area contributed by atoms with Crippen LogP contribution in [0.15, 0.2) is 51.0 Å². The molecule has 0 unspecified atom stereocenters. The number of nitrogens with zero attached hydrogens (tertiary/aromatic N) is 3. The van der Waals surface area contributed by atoms with E-state index in [1.54, 1.807) is 18.2 Å². The fourth-order valence-corrected chi connectivity index (χ4v) is 3.50. The number of aliphatic carboxylic acids is 1. The van der Waals surface area contributed by atoms with Crippen LogP contribution in [0.25, 0.3) is 0 Å². The predicted octanol–water partition coefficient (Wildman–Crippen LogP) is 3.21. The van der Waals surface area contributed by atoms with Gasteiger partial charge in [0.2, 0.25) is 5.91 Å². The molecule has 2 aromatic rings. The quantitative estimate of drug-likeness (QED) is 0.643. The molecule has 2 heterocycles. The second kappa shape index (κ2) is 7.57. The minimum absolute atomic E-state index is 0.272. The van der Waals surface area contributed by atoms with Crippen molar-refractivity contribution in [1.82, 2.24) is 0 Å². The highest BCUT2D eigenvalue weighted by Crippen LogP contribution is 2.33. The van der Waals surface area contributed by atoms with Crippen molar-refractivity contribution in [1.29, 1.82) is 0 Å². The highest BCUT2D eigenvalue weighted by atomic mass is 32.2. The van der Waals surface area contributed by atoms with E-state index in [-0.39, 0.29) is 12.3 Å². The van der Waals surface area contributed by atoms with E-state index in [1.165, 1.54) is 11.1 Å². The Hall–Kier alpha value is -2.87. The van der Waals surface area contributed by atoms with Gasteiger partial charge in [0.25, 0.3) is 0 Å². The van der Waals surface area contributed by atoms with Crippen molar-refractivity contribution < 1.29 is 19.1 Å². The van der Waals surface area contributed by atoms with Crippen LogP contribution in [-0.2, 0) is 9.59 Å². The monoisotopic (exact) mass is 371 g/mol. The van der Waals surface area contributed by atoms with Crippen LogP contribution >= 0.6 is 11.8 Å². The summed E-state index contributed by atoms with van der Waals surface area (Å²) in [6.45, 7) is 3.77. The third kappa shape index (κ3) is 4.02. The van der Waals surface area contributed by atoms with Gasteiger partial charge in [0.15, 0.2) is 5.17 Å². The summed E-state index contributed by atoms with van der Waals surface area (Å²) in [5.74, 6) is -0.0444. The third-order valence-corrected chi connectivity index (χ3v) is 4.80. The number of aryl methyl sites for hydroxylation is 2. The standard InChI is InChI=1S/C18H17N3O4S/c1-11-3-6-13(7-4-11)21-17(24)15(9-16(22)23)26-18(21)20-19-10-14-8-5-12(2)25-14/h3-8,10,15H,9H2,1-2H3,(H,22,23)/b19-10-,20-18+/t15-/m1/s1. The number of anilines is 1. The average molecular weight is 371 g/mol. The number of amides is 1. The zero-order valence-electron chi connectivity index (χ0n) is 14.2. The molecular formula is C18H17N3O4S. The lowest BCUT2D eigenvalue weighted by molar-refractivity contribution is -0.138. The molecule has 134 valence electrons. The van der Waals surface area contributed by atoms with Crippen molar-refractivity contribution in [2.24, 2.45) is 10.2 Å².